The summed E-state index contributed by atoms with van der Waals surface area (Å²) in [6, 6.07) is 0. The number of carbonyl (C=O) groups excluding carboxylic acids is 1. The number of esters is 1. The van der Waals surface area contributed by atoms with Crippen LogP contribution >= 0.6 is 0 Å². The highest BCUT2D eigenvalue weighted by Gasteiger charge is 2.32. The topological polar surface area (TPSA) is 56.8 Å². The first-order valence-corrected chi connectivity index (χ1v) is 8.04. The molecule has 0 aromatic heterocycles. The van der Waals surface area contributed by atoms with Gasteiger partial charge in [-0.05, 0) is 60.4 Å². The first-order chi connectivity index (χ1) is 9.91. The molecule has 0 bridgehead atoms. The fourth-order valence-corrected chi connectivity index (χ4v) is 2.78. The zero-order valence-electron chi connectivity index (χ0n) is 14.1. The van der Waals surface area contributed by atoms with E-state index < -0.39 is 5.54 Å². The van der Waals surface area contributed by atoms with Gasteiger partial charge in [0.1, 0.15) is 5.54 Å². The Morgan fingerprint density at radius 3 is 2.48 bits per heavy atom. The van der Waals surface area contributed by atoms with Gasteiger partial charge in [0.15, 0.2) is 0 Å². The molecule has 0 aromatic rings. The first kappa shape index (κ1) is 18.4. The molecule has 1 aliphatic heterocycles. The van der Waals surface area contributed by atoms with E-state index in [1.54, 1.807) is 7.05 Å². The molecule has 1 aliphatic rings. The largest absolute Gasteiger partial charge is 0.465 e. The van der Waals surface area contributed by atoms with Crippen LogP contribution in [-0.2, 0) is 19.0 Å². The quantitative estimate of drug-likeness (QED) is 0.550. The molecule has 5 nitrogen and oxygen atoms in total. The van der Waals surface area contributed by atoms with E-state index >= 15 is 0 Å². The summed E-state index contributed by atoms with van der Waals surface area (Å²) in [6.07, 6.45) is 4.23. The molecule has 124 valence electrons. The van der Waals surface area contributed by atoms with Gasteiger partial charge in [0.05, 0.1) is 24.9 Å². The molecule has 1 rings (SSSR count). The molecule has 0 saturated carbocycles. The van der Waals surface area contributed by atoms with Crippen LogP contribution in [0.2, 0.25) is 0 Å². The minimum Gasteiger partial charge on any atom is -0.465 e. The molecule has 0 radical (unpaired) electrons. The standard InChI is InChI=1S/C16H31NO4/c1-6-19-15(18)16(4,17-5)8-7-9-20-14-10-12(2)21-13(3)11-14/h12-14,17H,6-11H2,1-5H3. The van der Waals surface area contributed by atoms with Gasteiger partial charge in [0.25, 0.3) is 0 Å². The van der Waals surface area contributed by atoms with Gasteiger partial charge in [-0.25, -0.2) is 0 Å². The molecule has 3 unspecified atom stereocenters. The van der Waals surface area contributed by atoms with Gasteiger partial charge in [-0.1, -0.05) is 0 Å². The summed E-state index contributed by atoms with van der Waals surface area (Å²) in [5.74, 6) is -0.194. The van der Waals surface area contributed by atoms with Crippen LogP contribution in [0.4, 0.5) is 0 Å². The molecule has 1 N–H and O–H groups in total. The van der Waals surface area contributed by atoms with Crippen molar-refractivity contribution in [3.8, 4) is 0 Å². The Labute approximate surface area is 128 Å². The van der Waals surface area contributed by atoms with Gasteiger partial charge in [-0.15, -0.1) is 0 Å². The van der Waals surface area contributed by atoms with Crippen LogP contribution < -0.4 is 5.32 Å². The molecule has 1 heterocycles. The van der Waals surface area contributed by atoms with E-state index in [9.17, 15) is 4.79 Å². The Balaban J connectivity index is 2.30. The van der Waals surface area contributed by atoms with Crippen molar-refractivity contribution in [3.63, 3.8) is 0 Å². The molecular formula is C16H31NO4. The van der Waals surface area contributed by atoms with Crippen LogP contribution in [0.1, 0.15) is 53.4 Å². The van der Waals surface area contributed by atoms with Crippen molar-refractivity contribution in [2.75, 3.05) is 20.3 Å². The molecule has 1 saturated heterocycles. The van der Waals surface area contributed by atoms with Crippen LogP contribution in [0.5, 0.6) is 0 Å². The zero-order valence-corrected chi connectivity index (χ0v) is 14.1. The number of nitrogens with one attached hydrogen (secondary N) is 1. The maximum atomic E-state index is 11.9. The summed E-state index contributed by atoms with van der Waals surface area (Å²) in [7, 11) is 1.79. The summed E-state index contributed by atoms with van der Waals surface area (Å²) in [6.45, 7) is 8.95. The van der Waals surface area contributed by atoms with E-state index in [0.29, 0.717) is 19.6 Å². The van der Waals surface area contributed by atoms with Crippen LogP contribution in [0.15, 0.2) is 0 Å². The molecule has 5 heteroatoms. The SMILES string of the molecule is CCOC(=O)C(C)(CCCOC1CC(C)OC(C)C1)NC. The normalized spacial score (nSPS) is 28.9. The van der Waals surface area contributed by atoms with Crippen molar-refractivity contribution < 1.29 is 19.0 Å². The first-order valence-electron chi connectivity index (χ1n) is 8.04. The van der Waals surface area contributed by atoms with Gasteiger partial charge in [-0.3, -0.25) is 4.79 Å². The summed E-state index contributed by atoms with van der Waals surface area (Å²) in [5.41, 5.74) is -0.629. The Hall–Kier alpha value is -0.650. The van der Waals surface area contributed by atoms with E-state index in [0.717, 1.165) is 19.3 Å². The van der Waals surface area contributed by atoms with E-state index in [4.69, 9.17) is 14.2 Å². The number of carbonyl (C=O) groups is 1. The smallest absolute Gasteiger partial charge is 0.326 e. The molecular weight excluding hydrogens is 270 g/mol. The summed E-state index contributed by atoms with van der Waals surface area (Å²) < 4.78 is 16.8. The predicted octanol–water partition coefficient (Wildman–Crippen LogP) is 2.28. The summed E-state index contributed by atoms with van der Waals surface area (Å²) in [4.78, 5) is 11.9. The molecule has 1 fully saturated rings. The average Bonchev–Trinajstić information content (AvgIpc) is 2.42. The predicted molar refractivity (Wildman–Crippen MR) is 82.3 cm³/mol. The molecule has 0 spiro atoms. The molecule has 0 amide bonds. The third kappa shape index (κ3) is 5.93. The van der Waals surface area contributed by atoms with Crippen molar-refractivity contribution in [2.24, 2.45) is 0 Å². The Bertz CT molecular complexity index is 313. The lowest BCUT2D eigenvalue weighted by Crippen LogP contribution is -2.48. The number of likely N-dealkylation sites (N-methyl/N-ethyl adjacent to an activating group) is 1. The molecule has 3 atom stereocenters. The van der Waals surface area contributed by atoms with E-state index in [1.807, 2.05) is 13.8 Å². The molecule has 0 aromatic carbocycles. The second-order valence-corrected chi connectivity index (χ2v) is 6.13. The number of rotatable bonds is 8. The maximum Gasteiger partial charge on any atom is 0.326 e. The lowest BCUT2D eigenvalue weighted by molar-refractivity contribution is -0.150. The van der Waals surface area contributed by atoms with E-state index in [1.165, 1.54) is 0 Å². The van der Waals surface area contributed by atoms with Gasteiger partial charge >= 0.3 is 5.97 Å². The van der Waals surface area contributed by atoms with Crippen molar-refractivity contribution in [1.29, 1.82) is 0 Å². The van der Waals surface area contributed by atoms with Crippen molar-refractivity contribution in [2.45, 2.75) is 77.2 Å². The lowest BCUT2D eigenvalue weighted by Gasteiger charge is -2.32. The maximum absolute atomic E-state index is 11.9. The Morgan fingerprint density at radius 1 is 1.33 bits per heavy atom. The highest BCUT2D eigenvalue weighted by atomic mass is 16.5. The second-order valence-electron chi connectivity index (χ2n) is 6.13. The number of ether oxygens (including phenoxy) is 3. The van der Waals surface area contributed by atoms with E-state index in [-0.39, 0.29) is 24.3 Å². The lowest BCUT2D eigenvalue weighted by atomic mass is 9.96. The minimum absolute atomic E-state index is 0.194. The fourth-order valence-electron chi connectivity index (χ4n) is 2.78. The third-order valence-corrected chi connectivity index (χ3v) is 4.11. The highest BCUT2D eigenvalue weighted by molar-refractivity contribution is 5.80. The zero-order chi connectivity index (χ0) is 15.9. The van der Waals surface area contributed by atoms with Gasteiger partial charge in [0, 0.05) is 6.61 Å². The van der Waals surface area contributed by atoms with Crippen molar-refractivity contribution in [1.82, 2.24) is 5.32 Å². The Morgan fingerprint density at radius 2 is 1.95 bits per heavy atom. The second kappa shape index (κ2) is 8.71. The molecule has 21 heavy (non-hydrogen) atoms. The monoisotopic (exact) mass is 301 g/mol. The number of hydrogen-bond donors (Lipinski definition) is 1. The van der Waals surface area contributed by atoms with E-state index in [2.05, 4.69) is 19.2 Å². The van der Waals surface area contributed by atoms with Crippen LogP contribution in [0.25, 0.3) is 0 Å². The number of hydrogen-bond acceptors (Lipinski definition) is 5. The van der Waals surface area contributed by atoms with Crippen LogP contribution in [0.3, 0.4) is 0 Å². The Kier molecular flexibility index (Phi) is 7.63. The fraction of sp³-hybridized carbons (Fsp3) is 0.938. The third-order valence-electron chi connectivity index (χ3n) is 4.11. The van der Waals surface area contributed by atoms with Gasteiger partial charge < -0.3 is 19.5 Å². The van der Waals surface area contributed by atoms with Gasteiger partial charge in [0.2, 0.25) is 0 Å². The minimum atomic E-state index is -0.629. The average molecular weight is 301 g/mol. The van der Waals surface area contributed by atoms with Gasteiger partial charge in [-0.2, -0.15) is 0 Å². The van der Waals surface area contributed by atoms with Crippen molar-refractivity contribution >= 4 is 5.97 Å². The van der Waals surface area contributed by atoms with Crippen LogP contribution in [0, 0.1) is 0 Å². The van der Waals surface area contributed by atoms with Crippen LogP contribution in [-0.4, -0.2) is 50.1 Å². The highest BCUT2D eigenvalue weighted by Crippen LogP contribution is 2.22. The summed E-state index contributed by atoms with van der Waals surface area (Å²) in [5, 5.41) is 3.07. The summed E-state index contributed by atoms with van der Waals surface area (Å²) >= 11 is 0. The molecule has 0 aliphatic carbocycles. The van der Waals surface area contributed by atoms with Crippen molar-refractivity contribution in [3.05, 3.63) is 0 Å².